The van der Waals surface area contributed by atoms with Gasteiger partial charge in [-0.25, -0.2) is 0 Å². The van der Waals surface area contributed by atoms with E-state index in [9.17, 15) is 0 Å². The molecule has 0 radical (unpaired) electrons. The second-order valence-electron chi connectivity index (χ2n) is 5.80. The van der Waals surface area contributed by atoms with E-state index in [0.29, 0.717) is 12.0 Å². The summed E-state index contributed by atoms with van der Waals surface area (Å²) in [6, 6.07) is 1.18. The van der Waals surface area contributed by atoms with Crippen molar-refractivity contribution < 1.29 is 4.43 Å². The average molecular weight is 251 g/mol. The van der Waals surface area contributed by atoms with E-state index in [2.05, 4.69) is 47.3 Å². The monoisotopic (exact) mass is 250 g/mol. The lowest BCUT2D eigenvalue weighted by atomic mass is 10.3. The first-order chi connectivity index (χ1) is 6.08. The third-order valence-electron chi connectivity index (χ3n) is 2.29. The molecule has 0 aromatic rings. The van der Waals surface area contributed by atoms with Crippen LogP contribution in [0.1, 0.15) is 27.7 Å². The molecule has 0 saturated carbocycles. The Morgan fingerprint density at radius 2 is 1.50 bits per heavy atom. The molecule has 0 aliphatic heterocycles. The van der Waals surface area contributed by atoms with Crippen molar-refractivity contribution in [3.05, 3.63) is 0 Å². The molecule has 0 aliphatic rings. The predicted octanol–water partition coefficient (Wildman–Crippen LogP) is 3.86. The highest BCUT2D eigenvalue weighted by atomic mass is 32.3. The molecule has 0 bridgehead atoms. The fourth-order valence-electron chi connectivity index (χ4n) is 1.47. The summed E-state index contributed by atoms with van der Waals surface area (Å²) >= 11 is 4.96. The molecule has 0 amide bonds. The molecule has 1 nitrogen and oxygen atoms in total. The van der Waals surface area contributed by atoms with Crippen LogP contribution in [-0.2, 0) is 4.43 Å². The minimum absolute atomic E-state index is 0.324. The zero-order chi connectivity index (χ0) is 11.6. The largest absolute Gasteiger partial charge is 0.408 e. The molecular weight excluding hydrogens is 224 g/mol. The molecule has 0 N–H and O–H groups in total. The molecule has 1 atom stereocenters. The van der Waals surface area contributed by atoms with E-state index in [4.69, 9.17) is 16.5 Å². The van der Waals surface area contributed by atoms with Crippen LogP contribution in [0.4, 0.5) is 0 Å². The Morgan fingerprint density at radius 3 is 1.71 bits per heavy atom. The lowest BCUT2D eigenvalue weighted by Crippen LogP contribution is -2.57. The highest BCUT2D eigenvalue weighted by molar-refractivity contribution is 8.22. The summed E-state index contributed by atoms with van der Waals surface area (Å²) in [5.74, 6) is 0.699. The van der Waals surface area contributed by atoms with Crippen molar-refractivity contribution in [2.75, 3.05) is 0 Å². The minimum atomic E-state index is -1.74. The Bertz CT molecular complexity index is 165. The van der Waals surface area contributed by atoms with Gasteiger partial charge in [0.1, 0.15) is 0 Å². The fourth-order valence-corrected chi connectivity index (χ4v) is 11.0. The van der Waals surface area contributed by atoms with E-state index in [1.807, 2.05) is 0 Å². The first-order valence-corrected chi connectivity index (χ1v) is 13.4. The Morgan fingerprint density at radius 1 is 1.07 bits per heavy atom. The van der Waals surface area contributed by atoms with Crippen molar-refractivity contribution in [1.29, 1.82) is 0 Å². The van der Waals surface area contributed by atoms with Crippen LogP contribution in [0.3, 0.4) is 0 Å². The van der Waals surface area contributed by atoms with Gasteiger partial charge in [0.15, 0.2) is 0 Å². The first kappa shape index (κ1) is 14.7. The van der Waals surface area contributed by atoms with Gasteiger partial charge in [-0.15, -0.1) is 0 Å². The van der Waals surface area contributed by atoms with Gasteiger partial charge >= 0.3 is 0 Å². The highest BCUT2D eigenvalue weighted by Gasteiger charge is 2.45. The number of rotatable bonds is 5. The molecule has 1 unspecified atom stereocenters. The summed E-state index contributed by atoms with van der Waals surface area (Å²) < 4.78 is 6.18. The van der Waals surface area contributed by atoms with E-state index < -0.39 is 14.6 Å². The van der Waals surface area contributed by atoms with Crippen LogP contribution in [0.15, 0.2) is 0 Å². The van der Waals surface area contributed by atoms with Gasteiger partial charge in [0.2, 0.25) is 6.98 Å². The van der Waals surface area contributed by atoms with Crippen LogP contribution in [-0.4, -0.2) is 20.7 Å². The zero-order valence-corrected chi connectivity index (χ0v) is 13.6. The summed E-state index contributed by atoms with van der Waals surface area (Å²) in [6.07, 6.45) is 0.324. The van der Waals surface area contributed by atoms with E-state index in [-0.39, 0.29) is 0 Å². The number of hydrogen-bond acceptors (Lipinski definition) is 2. The highest BCUT2D eigenvalue weighted by Crippen LogP contribution is 2.32. The van der Waals surface area contributed by atoms with Gasteiger partial charge in [0.25, 0.3) is 0 Å². The smallest absolute Gasteiger partial charge is 0.235 e. The SMILES string of the molecule is CC(C)C[Si](S)(OC(C)C)[Si](C)(C)C. The quantitative estimate of drug-likeness (QED) is 0.576. The molecule has 86 valence electrons. The van der Waals surface area contributed by atoms with Gasteiger partial charge in [-0.2, -0.15) is 12.1 Å². The molecule has 0 rings (SSSR count). The van der Waals surface area contributed by atoms with E-state index in [0.717, 1.165) is 0 Å². The van der Waals surface area contributed by atoms with E-state index in [1.165, 1.54) is 6.04 Å². The molecule has 14 heavy (non-hydrogen) atoms. The van der Waals surface area contributed by atoms with Crippen LogP contribution in [0.5, 0.6) is 0 Å². The van der Waals surface area contributed by atoms with Crippen molar-refractivity contribution >= 4 is 26.7 Å². The van der Waals surface area contributed by atoms with Gasteiger partial charge in [0.05, 0.1) is 7.59 Å². The second-order valence-corrected chi connectivity index (χ2v) is 22.9. The topological polar surface area (TPSA) is 9.23 Å². The molecule has 0 spiro atoms. The Kier molecular flexibility index (Phi) is 5.46. The fraction of sp³-hybridized carbons (Fsp3) is 1.00. The van der Waals surface area contributed by atoms with Crippen molar-refractivity contribution in [2.24, 2.45) is 5.92 Å². The molecule has 0 aliphatic carbocycles. The number of thiol groups is 1. The third-order valence-corrected chi connectivity index (χ3v) is 21.8. The van der Waals surface area contributed by atoms with Crippen molar-refractivity contribution in [3.63, 3.8) is 0 Å². The maximum absolute atomic E-state index is 6.18. The van der Waals surface area contributed by atoms with Gasteiger partial charge in [-0.05, 0) is 25.8 Å². The summed E-state index contributed by atoms with van der Waals surface area (Å²) in [4.78, 5) is 0. The molecule has 0 saturated heterocycles. The summed E-state index contributed by atoms with van der Waals surface area (Å²) in [5.41, 5.74) is 0. The van der Waals surface area contributed by atoms with Crippen molar-refractivity contribution in [3.8, 4) is 0 Å². The van der Waals surface area contributed by atoms with Gasteiger partial charge < -0.3 is 4.43 Å². The van der Waals surface area contributed by atoms with Crippen LogP contribution in [0, 0.1) is 5.92 Å². The Balaban J connectivity index is 4.67. The first-order valence-electron chi connectivity index (χ1n) is 5.48. The summed E-state index contributed by atoms with van der Waals surface area (Å²) in [5, 5.41) is 0. The molecule has 0 heterocycles. The van der Waals surface area contributed by atoms with E-state index in [1.54, 1.807) is 0 Å². The lowest BCUT2D eigenvalue weighted by Gasteiger charge is -2.39. The summed E-state index contributed by atoms with van der Waals surface area (Å²) in [7, 11) is -1.26. The van der Waals surface area contributed by atoms with Crippen LogP contribution >= 0.6 is 12.1 Å². The molecule has 0 fully saturated rings. The molecule has 4 heteroatoms. The van der Waals surface area contributed by atoms with Crippen molar-refractivity contribution in [2.45, 2.75) is 59.5 Å². The zero-order valence-electron chi connectivity index (χ0n) is 10.7. The number of hydrogen-bond donors (Lipinski definition) is 1. The molecular formula is C10H26OSSi2. The minimum Gasteiger partial charge on any atom is -0.408 e. The maximum Gasteiger partial charge on any atom is 0.235 e. The van der Waals surface area contributed by atoms with Crippen LogP contribution < -0.4 is 0 Å². The average Bonchev–Trinajstić information content (AvgIpc) is 1.78. The van der Waals surface area contributed by atoms with E-state index >= 15 is 0 Å². The Hall–Kier alpha value is 0.744. The van der Waals surface area contributed by atoms with Gasteiger partial charge in [-0.3, -0.25) is 0 Å². The van der Waals surface area contributed by atoms with Crippen LogP contribution in [0.25, 0.3) is 0 Å². The third kappa shape index (κ3) is 4.51. The van der Waals surface area contributed by atoms with Crippen LogP contribution in [0.2, 0.25) is 25.7 Å². The summed E-state index contributed by atoms with van der Waals surface area (Å²) in [6.45, 7) is 14.2. The maximum atomic E-state index is 6.18. The van der Waals surface area contributed by atoms with Gasteiger partial charge in [-0.1, -0.05) is 33.5 Å². The second kappa shape index (κ2) is 5.19. The Labute approximate surface area is 96.6 Å². The standard InChI is InChI=1S/C10H26OSSi2/c1-9(2)8-14(12,11-10(3)4)13(5,6)7/h9-10,12H,8H2,1-7H3. The van der Waals surface area contributed by atoms with Gasteiger partial charge in [0, 0.05) is 6.10 Å². The normalized spacial score (nSPS) is 17.6. The molecule has 0 aromatic heterocycles. The predicted molar refractivity (Wildman–Crippen MR) is 74.0 cm³/mol. The lowest BCUT2D eigenvalue weighted by molar-refractivity contribution is 0.243. The molecule has 0 aromatic carbocycles. The van der Waals surface area contributed by atoms with Crippen molar-refractivity contribution in [1.82, 2.24) is 0 Å².